The van der Waals surface area contributed by atoms with Crippen LogP contribution in [0.3, 0.4) is 0 Å². The highest BCUT2D eigenvalue weighted by Gasteiger charge is 2.23. The van der Waals surface area contributed by atoms with Crippen molar-refractivity contribution in [1.29, 1.82) is 0 Å². The van der Waals surface area contributed by atoms with Gasteiger partial charge in [0.1, 0.15) is 5.82 Å². The van der Waals surface area contributed by atoms with Crippen LogP contribution in [0, 0.1) is 17.7 Å². The van der Waals surface area contributed by atoms with Crippen LogP contribution in [0.1, 0.15) is 25.8 Å². The minimum Gasteiger partial charge on any atom is -0.339 e. The number of hydrogen-bond acceptors (Lipinski definition) is 1. The van der Waals surface area contributed by atoms with Crippen LogP contribution in [0.4, 0.5) is 4.39 Å². The summed E-state index contributed by atoms with van der Waals surface area (Å²) in [4.78, 5) is 14.0. The lowest BCUT2D eigenvalue weighted by Gasteiger charge is -2.34. The summed E-state index contributed by atoms with van der Waals surface area (Å²) in [5, 5.41) is 0. The van der Waals surface area contributed by atoms with Crippen LogP contribution in [0.25, 0.3) is 6.08 Å². The van der Waals surface area contributed by atoms with E-state index in [-0.39, 0.29) is 11.7 Å². The van der Waals surface area contributed by atoms with Gasteiger partial charge in [-0.15, -0.1) is 0 Å². The van der Waals surface area contributed by atoms with E-state index in [4.69, 9.17) is 0 Å². The predicted octanol–water partition coefficient (Wildman–Crippen LogP) is 4.11. The van der Waals surface area contributed by atoms with E-state index in [1.54, 1.807) is 18.2 Å². The first-order valence-corrected chi connectivity index (χ1v) is 7.67. The second-order valence-electron chi connectivity index (χ2n) is 5.69. The first-order valence-electron chi connectivity index (χ1n) is 6.87. The number of carbonyl (C=O) groups is 1. The van der Waals surface area contributed by atoms with Gasteiger partial charge in [-0.2, -0.15) is 0 Å². The summed E-state index contributed by atoms with van der Waals surface area (Å²) in [7, 11) is 0. The zero-order valence-corrected chi connectivity index (χ0v) is 13.4. The number of hydrogen-bond donors (Lipinski definition) is 0. The highest BCUT2D eigenvalue weighted by Crippen LogP contribution is 2.21. The molecule has 2 nitrogen and oxygen atoms in total. The minimum absolute atomic E-state index is 0.0391. The monoisotopic (exact) mass is 339 g/mol. The van der Waals surface area contributed by atoms with Crippen LogP contribution < -0.4 is 0 Å². The van der Waals surface area contributed by atoms with E-state index in [0.717, 1.165) is 24.0 Å². The SMILES string of the molecule is CC1CC(C)CN(C(=O)/C=C/c2cc(Br)ccc2F)C1. The minimum atomic E-state index is -0.322. The van der Waals surface area contributed by atoms with E-state index in [1.165, 1.54) is 12.1 Å². The molecule has 0 aromatic heterocycles. The predicted molar refractivity (Wildman–Crippen MR) is 82.7 cm³/mol. The van der Waals surface area contributed by atoms with E-state index in [0.29, 0.717) is 17.4 Å². The zero-order chi connectivity index (χ0) is 14.7. The molecule has 1 aliphatic rings. The summed E-state index contributed by atoms with van der Waals surface area (Å²) in [5.41, 5.74) is 0.422. The molecule has 1 aromatic carbocycles. The molecule has 1 amide bonds. The number of nitrogens with zero attached hydrogens (tertiary/aromatic N) is 1. The van der Waals surface area contributed by atoms with E-state index >= 15 is 0 Å². The molecule has 0 bridgehead atoms. The number of carbonyl (C=O) groups excluding carboxylic acids is 1. The number of amides is 1. The lowest BCUT2D eigenvalue weighted by atomic mass is 9.92. The van der Waals surface area contributed by atoms with Gasteiger partial charge < -0.3 is 4.90 Å². The Morgan fingerprint density at radius 3 is 2.65 bits per heavy atom. The first-order chi connectivity index (χ1) is 9.45. The van der Waals surface area contributed by atoms with Gasteiger partial charge in [0.15, 0.2) is 0 Å². The largest absolute Gasteiger partial charge is 0.339 e. The van der Waals surface area contributed by atoms with Crippen LogP contribution in [-0.4, -0.2) is 23.9 Å². The van der Waals surface area contributed by atoms with Gasteiger partial charge in [0.25, 0.3) is 0 Å². The fourth-order valence-corrected chi connectivity index (χ4v) is 3.13. The Balaban J connectivity index is 2.07. The number of benzene rings is 1. The lowest BCUT2D eigenvalue weighted by Crippen LogP contribution is -2.41. The molecule has 2 atom stereocenters. The molecule has 2 unspecified atom stereocenters. The van der Waals surface area contributed by atoms with Crippen molar-refractivity contribution < 1.29 is 9.18 Å². The Bertz CT molecular complexity index is 519. The Kier molecular flexibility index (Phi) is 4.97. The van der Waals surface area contributed by atoms with Gasteiger partial charge in [-0.3, -0.25) is 4.79 Å². The Morgan fingerprint density at radius 1 is 1.35 bits per heavy atom. The van der Waals surface area contributed by atoms with Gasteiger partial charge >= 0.3 is 0 Å². The normalized spacial score (nSPS) is 23.3. The van der Waals surface area contributed by atoms with Crippen LogP contribution in [0.5, 0.6) is 0 Å². The smallest absolute Gasteiger partial charge is 0.246 e. The third kappa shape index (κ3) is 3.92. The second-order valence-corrected chi connectivity index (χ2v) is 6.60. The maximum atomic E-state index is 13.6. The first kappa shape index (κ1) is 15.2. The van der Waals surface area contributed by atoms with Gasteiger partial charge in [-0.1, -0.05) is 29.8 Å². The number of rotatable bonds is 2. The molecule has 108 valence electrons. The second kappa shape index (κ2) is 6.53. The van der Waals surface area contributed by atoms with Crippen LogP contribution in [0.2, 0.25) is 0 Å². The molecule has 0 spiro atoms. The van der Waals surface area contributed by atoms with E-state index in [9.17, 15) is 9.18 Å². The standard InChI is InChI=1S/C16H19BrFNO/c1-11-7-12(2)10-19(9-11)16(20)6-3-13-8-14(17)4-5-15(13)18/h3-6,8,11-12H,7,9-10H2,1-2H3/b6-3+. The molecule has 0 N–H and O–H groups in total. The molecule has 1 heterocycles. The molecule has 0 radical (unpaired) electrons. The zero-order valence-electron chi connectivity index (χ0n) is 11.8. The molecular weight excluding hydrogens is 321 g/mol. The fraction of sp³-hybridized carbons (Fsp3) is 0.438. The van der Waals surface area contributed by atoms with Gasteiger partial charge in [0.05, 0.1) is 0 Å². The van der Waals surface area contributed by atoms with Crippen molar-refractivity contribution in [2.24, 2.45) is 11.8 Å². The quantitative estimate of drug-likeness (QED) is 0.742. The number of likely N-dealkylation sites (tertiary alicyclic amines) is 1. The maximum Gasteiger partial charge on any atom is 0.246 e. The van der Waals surface area contributed by atoms with E-state index in [2.05, 4.69) is 29.8 Å². The molecule has 0 saturated carbocycles. The van der Waals surface area contributed by atoms with Gasteiger partial charge in [0, 0.05) is 29.2 Å². The molecule has 1 saturated heterocycles. The van der Waals surface area contributed by atoms with Crippen molar-refractivity contribution in [1.82, 2.24) is 4.90 Å². The Morgan fingerprint density at radius 2 is 2.00 bits per heavy atom. The molecule has 2 rings (SSSR count). The Hall–Kier alpha value is -1.16. The maximum absolute atomic E-state index is 13.6. The van der Waals surface area contributed by atoms with Crippen LogP contribution >= 0.6 is 15.9 Å². The molecule has 1 fully saturated rings. The number of piperidine rings is 1. The summed E-state index contributed by atoms with van der Waals surface area (Å²) < 4.78 is 14.4. The van der Waals surface area contributed by atoms with E-state index < -0.39 is 0 Å². The summed E-state index contributed by atoms with van der Waals surface area (Å²) in [6, 6.07) is 4.70. The van der Waals surface area contributed by atoms with Crippen molar-refractivity contribution in [3.05, 3.63) is 40.1 Å². The van der Waals surface area contributed by atoms with Crippen LogP contribution in [-0.2, 0) is 4.79 Å². The summed E-state index contributed by atoms with van der Waals surface area (Å²) in [5.74, 6) is 0.692. The van der Waals surface area contributed by atoms with Gasteiger partial charge in [-0.05, 0) is 42.5 Å². The van der Waals surface area contributed by atoms with Crippen LogP contribution in [0.15, 0.2) is 28.7 Å². The summed E-state index contributed by atoms with van der Waals surface area (Å²) in [6.07, 6.45) is 4.18. The third-order valence-electron chi connectivity index (χ3n) is 3.54. The van der Waals surface area contributed by atoms with Gasteiger partial charge in [0.2, 0.25) is 5.91 Å². The molecular formula is C16H19BrFNO. The third-order valence-corrected chi connectivity index (χ3v) is 4.04. The summed E-state index contributed by atoms with van der Waals surface area (Å²) in [6.45, 7) is 5.89. The average molecular weight is 340 g/mol. The fourth-order valence-electron chi connectivity index (χ4n) is 2.75. The molecule has 1 aromatic rings. The van der Waals surface area contributed by atoms with Crippen molar-refractivity contribution in [2.45, 2.75) is 20.3 Å². The molecule has 4 heteroatoms. The lowest BCUT2D eigenvalue weighted by molar-refractivity contribution is -0.128. The molecule has 1 aliphatic heterocycles. The topological polar surface area (TPSA) is 20.3 Å². The molecule has 0 aliphatic carbocycles. The highest BCUT2D eigenvalue weighted by atomic mass is 79.9. The average Bonchev–Trinajstić information content (AvgIpc) is 2.38. The van der Waals surface area contributed by atoms with Crippen molar-refractivity contribution in [2.75, 3.05) is 13.1 Å². The summed E-state index contributed by atoms with van der Waals surface area (Å²) >= 11 is 3.30. The van der Waals surface area contributed by atoms with E-state index in [1.807, 2.05) is 4.90 Å². The van der Waals surface area contributed by atoms with Gasteiger partial charge in [-0.25, -0.2) is 4.39 Å². The highest BCUT2D eigenvalue weighted by molar-refractivity contribution is 9.10. The number of halogens is 2. The van der Waals surface area contributed by atoms with Crippen molar-refractivity contribution in [3.63, 3.8) is 0 Å². The van der Waals surface area contributed by atoms with Crippen molar-refractivity contribution in [3.8, 4) is 0 Å². The van der Waals surface area contributed by atoms with Crippen molar-refractivity contribution >= 4 is 27.9 Å². The molecule has 20 heavy (non-hydrogen) atoms. The Labute approximate surface area is 127 Å².